The topological polar surface area (TPSA) is 69.6 Å². The van der Waals surface area contributed by atoms with Crippen LogP contribution < -0.4 is 5.32 Å². The zero-order valence-corrected chi connectivity index (χ0v) is 11.3. The molecule has 18 heavy (non-hydrogen) atoms. The fourth-order valence-electron chi connectivity index (χ4n) is 1.99. The highest BCUT2D eigenvalue weighted by atomic mass is 35.5. The molecule has 3 N–H and O–H groups in total. The van der Waals surface area contributed by atoms with Crippen molar-refractivity contribution in [1.82, 2.24) is 5.32 Å². The first-order valence-electron chi connectivity index (χ1n) is 5.54. The van der Waals surface area contributed by atoms with Gasteiger partial charge in [-0.3, -0.25) is 10.1 Å². The Bertz CT molecular complexity index is 470. The molecule has 0 saturated carbocycles. The maximum atomic E-state index is 10.9. The number of aliphatic hydroxyl groups is 1. The van der Waals surface area contributed by atoms with Crippen molar-refractivity contribution < 1.29 is 15.0 Å². The van der Waals surface area contributed by atoms with Crippen molar-refractivity contribution in [2.75, 3.05) is 5.75 Å². The lowest BCUT2D eigenvalue weighted by Crippen LogP contribution is -2.56. The number of rotatable bonds is 2. The number of nitrogens with one attached hydrogen (secondary N) is 1. The van der Waals surface area contributed by atoms with Crippen LogP contribution in [0.1, 0.15) is 12.5 Å². The van der Waals surface area contributed by atoms with Gasteiger partial charge in [0.25, 0.3) is 0 Å². The lowest BCUT2D eigenvalue weighted by molar-refractivity contribution is -0.139. The zero-order valence-electron chi connectivity index (χ0n) is 9.76. The van der Waals surface area contributed by atoms with Gasteiger partial charge in [-0.15, -0.1) is 11.8 Å². The normalized spacial score (nSPS) is 32.2. The van der Waals surface area contributed by atoms with Crippen molar-refractivity contribution in [3.05, 3.63) is 34.9 Å². The third-order valence-electron chi connectivity index (χ3n) is 3.04. The predicted octanol–water partition coefficient (Wildman–Crippen LogP) is 1.66. The highest BCUT2D eigenvalue weighted by molar-refractivity contribution is 8.00. The van der Waals surface area contributed by atoms with E-state index >= 15 is 0 Å². The van der Waals surface area contributed by atoms with E-state index in [-0.39, 0.29) is 6.04 Å². The second-order valence-corrected chi connectivity index (χ2v) is 5.98. The monoisotopic (exact) mass is 287 g/mol. The van der Waals surface area contributed by atoms with Crippen molar-refractivity contribution in [3.8, 4) is 0 Å². The molecule has 4 nitrogen and oxygen atoms in total. The Kier molecular flexibility index (Phi) is 3.87. The molecule has 1 aliphatic heterocycles. The molecule has 1 heterocycles. The molecule has 1 aromatic carbocycles. The Morgan fingerprint density at radius 1 is 1.61 bits per heavy atom. The first kappa shape index (κ1) is 13.7. The summed E-state index contributed by atoms with van der Waals surface area (Å²) >= 11 is 7.14. The number of hydrogen-bond donors (Lipinski definition) is 3. The van der Waals surface area contributed by atoms with Gasteiger partial charge in [-0.25, -0.2) is 0 Å². The van der Waals surface area contributed by atoms with Crippen molar-refractivity contribution in [2.45, 2.75) is 23.9 Å². The Labute approximate surface area is 114 Å². The van der Waals surface area contributed by atoms with E-state index in [9.17, 15) is 9.90 Å². The van der Waals surface area contributed by atoms with Gasteiger partial charge in [0.2, 0.25) is 0 Å². The number of carboxylic acid groups (broad SMARTS) is 1. The summed E-state index contributed by atoms with van der Waals surface area (Å²) in [6.45, 7) is 1.77. The van der Waals surface area contributed by atoms with Crippen LogP contribution in [-0.2, 0) is 9.73 Å². The molecule has 3 atom stereocenters. The van der Waals surface area contributed by atoms with Gasteiger partial charge in [0, 0.05) is 16.8 Å². The summed E-state index contributed by atoms with van der Waals surface area (Å²) in [6, 6.07) is 5.98. The van der Waals surface area contributed by atoms with Gasteiger partial charge in [-0.05, 0) is 24.6 Å². The van der Waals surface area contributed by atoms with Crippen molar-refractivity contribution in [1.29, 1.82) is 0 Å². The second-order valence-electron chi connectivity index (χ2n) is 4.30. The molecular weight excluding hydrogens is 274 g/mol. The van der Waals surface area contributed by atoms with Crippen LogP contribution in [0.15, 0.2) is 24.3 Å². The van der Waals surface area contributed by atoms with Crippen LogP contribution in [0.5, 0.6) is 0 Å². The van der Waals surface area contributed by atoms with E-state index in [4.69, 9.17) is 16.7 Å². The number of halogens is 1. The number of hydrogen-bond acceptors (Lipinski definition) is 4. The first-order chi connectivity index (χ1) is 8.43. The molecule has 2 rings (SSSR count). The molecule has 0 amide bonds. The lowest BCUT2D eigenvalue weighted by Gasteiger charge is -2.40. The quantitative estimate of drug-likeness (QED) is 0.772. The zero-order chi connectivity index (χ0) is 13.3. The predicted molar refractivity (Wildman–Crippen MR) is 71.8 cm³/mol. The van der Waals surface area contributed by atoms with E-state index in [1.165, 1.54) is 11.8 Å². The standard InChI is InChI=1S/C12H14ClNO3S/c1-7-12(17,8-3-2-4-9(13)5-8)18-6-10(14-7)11(15)16/h2-5,7,10,14,17H,6H2,1H3,(H,15,16)/t7-,10+,12+/m1/s1. The highest BCUT2D eigenvalue weighted by Crippen LogP contribution is 2.41. The van der Waals surface area contributed by atoms with Gasteiger partial charge in [-0.2, -0.15) is 0 Å². The minimum Gasteiger partial charge on any atom is -0.480 e. The minimum absolute atomic E-state index is 0.308. The number of benzene rings is 1. The average molecular weight is 288 g/mol. The minimum atomic E-state index is -1.16. The molecular formula is C12H14ClNO3S. The summed E-state index contributed by atoms with van der Waals surface area (Å²) in [5.41, 5.74) is 0.684. The number of carboxylic acids is 1. The summed E-state index contributed by atoms with van der Waals surface area (Å²) in [5, 5.41) is 23.1. The van der Waals surface area contributed by atoms with Crippen molar-refractivity contribution in [3.63, 3.8) is 0 Å². The van der Waals surface area contributed by atoms with Gasteiger partial charge in [-0.1, -0.05) is 23.7 Å². The van der Waals surface area contributed by atoms with Crippen LogP contribution in [0.2, 0.25) is 5.02 Å². The third kappa shape index (κ3) is 2.49. The summed E-state index contributed by atoms with van der Waals surface area (Å²) in [4.78, 5) is 9.77. The Hall–Kier alpha value is -0.750. The van der Waals surface area contributed by atoms with E-state index < -0.39 is 16.9 Å². The van der Waals surface area contributed by atoms with Gasteiger partial charge < -0.3 is 10.2 Å². The van der Waals surface area contributed by atoms with Gasteiger partial charge in [0.1, 0.15) is 6.04 Å². The maximum Gasteiger partial charge on any atom is 0.321 e. The van der Waals surface area contributed by atoms with Crippen molar-refractivity contribution in [2.24, 2.45) is 0 Å². The second kappa shape index (κ2) is 5.09. The highest BCUT2D eigenvalue weighted by Gasteiger charge is 2.43. The van der Waals surface area contributed by atoms with Crippen LogP contribution in [-0.4, -0.2) is 34.0 Å². The van der Waals surface area contributed by atoms with E-state index in [0.717, 1.165) is 0 Å². The van der Waals surface area contributed by atoms with Crippen LogP contribution in [0.25, 0.3) is 0 Å². The lowest BCUT2D eigenvalue weighted by atomic mass is 10.0. The summed E-state index contributed by atoms with van der Waals surface area (Å²) in [5.74, 6) is -0.592. The molecule has 0 aromatic heterocycles. The molecule has 0 aliphatic carbocycles. The third-order valence-corrected chi connectivity index (χ3v) is 4.81. The fraction of sp³-hybridized carbons (Fsp3) is 0.417. The summed E-state index contributed by atoms with van der Waals surface area (Å²) in [6.07, 6.45) is 0. The van der Waals surface area contributed by atoms with Crippen LogP contribution in [0.3, 0.4) is 0 Å². The molecule has 0 bridgehead atoms. The first-order valence-corrected chi connectivity index (χ1v) is 6.91. The SMILES string of the molecule is C[C@H]1N[C@H](C(=O)O)CS[C@]1(O)c1cccc(Cl)c1. The smallest absolute Gasteiger partial charge is 0.321 e. The van der Waals surface area contributed by atoms with E-state index in [2.05, 4.69) is 5.32 Å². The largest absolute Gasteiger partial charge is 0.480 e. The molecule has 0 unspecified atom stereocenters. The number of aliphatic carboxylic acids is 1. The van der Waals surface area contributed by atoms with E-state index in [1.54, 1.807) is 31.2 Å². The molecule has 1 fully saturated rings. The molecule has 98 valence electrons. The average Bonchev–Trinajstić information content (AvgIpc) is 2.32. The van der Waals surface area contributed by atoms with Crippen molar-refractivity contribution >= 4 is 29.3 Å². The van der Waals surface area contributed by atoms with Gasteiger partial charge in [0.15, 0.2) is 4.93 Å². The molecule has 1 aromatic rings. The molecule has 0 spiro atoms. The molecule has 0 radical (unpaired) electrons. The Balaban J connectivity index is 2.25. The summed E-state index contributed by atoms with van der Waals surface area (Å²) in [7, 11) is 0. The number of thioether (sulfide) groups is 1. The Morgan fingerprint density at radius 2 is 2.33 bits per heavy atom. The molecule has 1 saturated heterocycles. The van der Waals surface area contributed by atoms with Gasteiger partial charge in [0.05, 0.1) is 0 Å². The van der Waals surface area contributed by atoms with Gasteiger partial charge >= 0.3 is 5.97 Å². The van der Waals surface area contributed by atoms with Crippen LogP contribution in [0, 0.1) is 0 Å². The van der Waals surface area contributed by atoms with E-state index in [1.807, 2.05) is 0 Å². The van der Waals surface area contributed by atoms with Crippen LogP contribution >= 0.6 is 23.4 Å². The molecule has 1 aliphatic rings. The number of carbonyl (C=O) groups is 1. The maximum absolute atomic E-state index is 10.9. The Morgan fingerprint density at radius 3 is 2.89 bits per heavy atom. The molecule has 6 heteroatoms. The fourth-order valence-corrected chi connectivity index (χ4v) is 3.45. The summed E-state index contributed by atoms with van der Waals surface area (Å²) < 4.78 is 0. The van der Waals surface area contributed by atoms with Crippen LogP contribution in [0.4, 0.5) is 0 Å². The van der Waals surface area contributed by atoms with E-state index in [0.29, 0.717) is 16.3 Å².